The van der Waals surface area contributed by atoms with E-state index in [2.05, 4.69) is 4.72 Å². The number of hydrogen-bond donors (Lipinski definition) is 1. The lowest BCUT2D eigenvalue weighted by Gasteiger charge is -2.38. The molecule has 0 spiro atoms. The second kappa shape index (κ2) is 6.23. The molecule has 2 aromatic rings. The Morgan fingerprint density at radius 2 is 2.18 bits per heavy atom. The highest BCUT2D eigenvalue weighted by Crippen LogP contribution is 2.22. The standard InChI is InChI=1S/C14H16N2O4S2/c17-14(13-4-2-6-21-13)16-8-11(9-16)10-22(18,19)15-7-12-3-1-5-20-12/h1-6,11,15H,7-10H2. The minimum atomic E-state index is -3.37. The number of carbonyl (C=O) groups excluding carboxylic acids is 1. The smallest absolute Gasteiger partial charge is 0.263 e. The van der Waals surface area contributed by atoms with E-state index >= 15 is 0 Å². The van der Waals surface area contributed by atoms with Crippen LogP contribution in [0, 0.1) is 5.92 Å². The largest absolute Gasteiger partial charge is 0.468 e. The average molecular weight is 340 g/mol. The number of sulfonamides is 1. The van der Waals surface area contributed by atoms with Crippen molar-refractivity contribution in [3.63, 3.8) is 0 Å². The third-order valence-corrected chi connectivity index (χ3v) is 5.83. The molecule has 2 aromatic heterocycles. The van der Waals surface area contributed by atoms with Gasteiger partial charge in [0.25, 0.3) is 5.91 Å². The van der Waals surface area contributed by atoms with Crippen molar-refractivity contribution in [3.8, 4) is 0 Å². The predicted octanol–water partition coefficient (Wildman–Crippen LogP) is 1.53. The number of thiophene rings is 1. The molecule has 8 heteroatoms. The molecule has 22 heavy (non-hydrogen) atoms. The molecule has 1 aliphatic heterocycles. The van der Waals surface area contributed by atoms with Crippen LogP contribution in [0.25, 0.3) is 0 Å². The lowest BCUT2D eigenvalue weighted by Crippen LogP contribution is -2.53. The quantitative estimate of drug-likeness (QED) is 0.865. The van der Waals surface area contributed by atoms with E-state index in [1.54, 1.807) is 23.1 Å². The predicted molar refractivity (Wildman–Crippen MR) is 83.0 cm³/mol. The molecule has 3 heterocycles. The molecule has 1 fully saturated rings. The van der Waals surface area contributed by atoms with Crippen molar-refractivity contribution in [2.75, 3.05) is 18.8 Å². The monoisotopic (exact) mass is 340 g/mol. The van der Waals surface area contributed by atoms with Crippen LogP contribution in [0.4, 0.5) is 0 Å². The molecule has 118 valence electrons. The Bertz CT molecular complexity index is 717. The fraction of sp³-hybridized carbons (Fsp3) is 0.357. The first-order chi connectivity index (χ1) is 10.5. The molecule has 1 amide bonds. The van der Waals surface area contributed by atoms with Crippen LogP contribution in [-0.2, 0) is 16.6 Å². The second-order valence-electron chi connectivity index (χ2n) is 5.24. The number of carbonyl (C=O) groups is 1. The summed E-state index contributed by atoms with van der Waals surface area (Å²) in [6.45, 7) is 1.12. The average Bonchev–Trinajstić information content (AvgIpc) is 3.11. The van der Waals surface area contributed by atoms with Crippen LogP contribution >= 0.6 is 11.3 Å². The molecule has 0 atom stereocenters. The molecule has 3 rings (SSSR count). The maximum absolute atomic E-state index is 12.0. The minimum absolute atomic E-state index is 0.0157. The molecule has 0 aromatic carbocycles. The lowest BCUT2D eigenvalue weighted by atomic mass is 10.0. The zero-order valence-electron chi connectivity index (χ0n) is 11.8. The number of hydrogen-bond acceptors (Lipinski definition) is 5. The fourth-order valence-corrected chi connectivity index (χ4v) is 4.36. The summed E-state index contributed by atoms with van der Waals surface area (Å²) >= 11 is 1.40. The molecule has 0 bridgehead atoms. The van der Waals surface area contributed by atoms with Gasteiger partial charge < -0.3 is 9.32 Å². The lowest BCUT2D eigenvalue weighted by molar-refractivity contribution is 0.0539. The highest BCUT2D eigenvalue weighted by Gasteiger charge is 2.34. The Morgan fingerprint density at radius 3 is 2.82 bits per heavy atom. The van der Waals surface area contributed by atoms with Crippen molar-refractivity contribution in [1.29, 1.82) is 0 Å². The van der Waals surface area contributed by atoms with E-state index in [4.69, 9.17) is 4.42 Å². The van der Waals surface area contributed by atoms with Crippen LogP contribution in [0.15, 0.2) is 40.3 Å². The van der Waals surface area contributed by atoms with Gasteiger partial charge in [0.2, 0.25) is 10.0 Å². The minimum Gasteiger partial charge on any atom is -0.468 e. The fourth-order valence-electron chi connectivity index (χ4n) is 2.36. The summed E-state index contributed by atoms with van der Waals surface area (Å²) in [5.74, 6) is 0.568. The zero-order valence-corrected chi connectivity index (χ0v) is 13.4. The normalized spacial score (nSPS) is 15.7. The first-order valence-electron chi connectivity index (χ1n) is 6.86. The molecular weight excluding hydrogens is 324 g/mol. The van der Waals surface area contributed by atoms with Crippen molar-refractivity contribution in [1.82, 2.24) is 9.62 Å². The Balaban J connectivity index is 1.46. The third-order valence-electron chi connectivity index (χ3n) is 3.48. The molecule has 1 N–H and O–H groups in total. The van der Waals surface area contributed by atoms with E-state index in [1.807, 2.05) is 11.4 Å². The van der Waals surface area contributed by atoms with E-state index < -0.39 is 10.0 Å². The Labute approximate surface area is 132 Å². The second-order valence-corrected chi connectivity index (χ2v) is 8.03. The molecule has 6 nitrogen and oxygen atoms in total. The number of nitrogens with one attached hydrogen (secondary N) is 1. The van der Waals surface area contributed by atoms with Crippen molar-refractivity contribution in [2.45, 2.75) is 6.54 Å². The first kappa shape index (κ1) is 15.3. The molecule has 0 radical (unpaired) electrons. The summed E-state index contributed by atoms with van der Waals surface area (Å²) in [7, 11) is -3.37. The number of nitrogens with zero attached hydrogens (tertiary/aromatic N) is 1. The summed E-state index contributed by atoms with van der Waals surface area (Å²) in [6.07, 6.45) is 1.50. The van der Waals surface area contributed by atoms with Crippen molar-refractivity contribution in [2.24, 2.45) is 5.92 Å². The van der Waals surface area contributed by atoms with Gasteiger partial charge in [-0.05, 0) is 23.6 Å². The molecule has 1 saturated heterocycles. The van der Waals surface area contributed by atoms with Gasteiger partial charge in [0.05, 0.1) is 23.4 Å². The van der Waals surface area contributed by atoms with Crippen molar-refractivity contribution < 1.29 is 17.6 Å². The Hall–Kier alpha value is -1.64. The highest BCUT2D eigenvalue weighted by molar-refractivity contribution is 7.89. The van der Waals surface area contributed by atoms with E-state index in [1.165, 1.54) is 17.6 Å². The molecule has 0 unspecified atom stereocenters. The van der Waals surface area contributed by atoms with Crippen LogP contribution in [0.5, 0.6) is 0 Å². The van der Waals surface area contributed by atoms with Gasteiger partial charge in [0.15, 0.2) is 0 Å². The summed E-state index contributed by atoms with van der Waals surface area (Å²) < 4.78 is 31.6. The van der Waals surface area contributed by atoms with Crippen LogP contribution in [0.3, 0.4) is 0 Å². The van der Waals surface area contributed by atoms with E-state index in [0.29, 0.717) is 23.7 Å². The number of amides is 1. The topological polar surface area (TPSA) is 79.6 Å². The van der Waals surface area contributed by atoms with Crippen LogP contribution < -0.4 is 4.72 Å². The van der Waals surface area contributed by atoms with E-state index in [0.717, 1.165) is 0 Å². The molecule has 0 saturated carbocycles. The summed E-state index contributed by atoms with van der Waals surface area (Å²) in [5.41, 5.74) is 0. The van der Waals surface area contributed by atoms with E-state index in [9.17, 15) is 13.2 Å². The highest BCUT2D eigenvalue weighted by atomic mass is 32.2. The maximum atomic E-state index is 12.0. The Kier molecular flexibility index (Phi) is 4.32. The number of furan rings is 1. The Morgan fingerprint density at radius 1 is 1.36 bits per heavy atom. The summed E-state index contributed by atoms with van der Waals surface area (Å²) in [4.78, 5) is 14.4. The van der Waals surface area contributed by atoms with Crippen LogP contribution in [0.1, 0.15) is 15.4 Å². The van der Waals surface area contributed by atoms with Crippen molar-refractivity contribution in [3.05, 3.63) is 46.5 Å². The zero-order chi connectivity index (χ0) is 15.6. The van der Waals surface area contributed by atoms with Gasteiger partial charge in [-0.15, -0.1) is 11.3 Å². The molecular formula is C14H16N2O4S2. The van der Waals surface area contributed by atoms with Crippen LogP contribution in [0.2, 0.25) is 0 Å². The van der Waals surface area contributed by atoms with Gasteiger partial charge in [-0.2, -0.15) is 0 Å². The molecule has 1 aliphatic rings. The van der Waals surface area contributed by atoms with Crippen molar-refractivity contribution >= 4 is 27.3 Å². The number of likely N-dealkylation sites (tertiary alicyclic amines) is 1. The summed E-state index contributed by atoms with van der Waals surface area (Å²) in [6, 6.07) is 7.04. The van der Waals surface area contributed by atoms with Gasteiger partial charge >= 0.3 is 0 Å². The maximum Gasteiger partial charge on any atom is 0.263 e. The van der Waals surface area contributed by atoms with Gasteiger partial charge in [-0.3, -0.25) is 4.79 Å². The van der Waals surface area contributed by atoms with Gasteiger partial charge in [0.1, 0.15) is 5.76 Å². The number of rotatable bonds is 6. The van der Waals surface area contributed by atoms with Gasteiger partial charge in [0, 0.05) is 19.0 Å². The van der Waals surface area contributed by atoms with Gasteiger partial charge in [-0.1, -0.05) is 6.07 Å². The van der Waals surface area contributed by atoms with Crippen LogP contribution in [-0.4, -0.2) is 38.1 Å². The molecule has 0 aliphatic carbocycles. The third kappa shape index (κ3) is 3.57. The van der Waals surface area contributed by atoms with E-state index in [-0.39, 0.29) is 24.1 Å². The first-order valence-corrected chi connectivity index (χ1v) is 9.39. The summed E-state index contributed by atoms with van der Waals surface area (Å²) in [5, 5.41) is 1.85. The van der Waals surface area contributed by atoms with Gasteiger partial charge in [-0.25, -0.2) is 13.1 Å². The SMILES string of the molecule is O=C(c1cccs1)N1CC(CS(=O)(=O)NCc2ccco2)C1.